The third-order valence-electron chi connectivity index (χ3n) is 2.97. The second kappa shape index (κ2) is 5.07. The molecule has 0 atom stereocenters. The van der Waals surface area contributed by atoms with Gasteiger partial charge in [0.1, 0.15) is 0 Å². The molecule has 2 N–H and O–H groups in total. The SMILES string of the molecule is Cc1cc(C)c(NC(C)(C)C)c(C)c1NC(C)(C)C. The minimum absolute atomic E-state index is 0.0732. The first-order valence-corrected chi connectivity index (χ1v) is 7.08. The van der Waals surface area contributed by atoms with Crippen LogP contribution in [0.1, 0.15) is 58.2 Å². The fourth-order valence-corrected chi connectivity index (χ4v) is 2.32. The molecule has 2 nitrogen and oxygen atoms in total. The van der Waals surface area contributed by atoms with E-state index in [9.17, 15) is 0 Å². The zero-order valence-electron chi connectivity index (χ0n) is 14.1. The molecule has 0 aromatic heterocycles. The summed E-state index contributed by atoms with van der Waals surface area (Å²) in [6.45, 7) is 19.7. The maximum absolute atomic E-state index is 3.63. The summed E-state index contributed by atoms with van der Waals surface area (Å²) in [5, 5.41) is 7.26. The molecule has 108 valence electrons. The van der Waals surface area contributed by atoms with Gasteiger partial charge in [-0.15, -0.1) is 0 Å². The molecular weight excluding hydrogens is 232 g/mol. The summed E-state index contributed by atoms with van der Waals surface area (Å²) < 4.78 is 0. The average molecular weight is 262 g/mol. The van der Waals surface area contributed by atoms with Gasteiger partial charge in [-0.2, -0.15) is 0 Å². The van der Waals surface area contributed by atoms with Crippen LogP contribution >= 0.6 is 0 Å². The molecule has 0 saturated carbocycles. The van der Waals surface area contributed by atoms with Crippen LogP contribution in [0.25, 0.3) is 0 Å². The number of hydrogen-bond donors (Lipinski definition) is 2. The number of rotatable bonds is 2. The van der Waals surface area contributed by atoms with Crippen molar-refractivity contribution in [3.8, 4) is 0 Å². The first kappa shape index (κ1) is 15.9. The van der Waals surface area contributed by atoms with Crippen LogP contribution in [0.4, 0.5) is 11.4 Å². The summed E-state index contributed by atoms with van der Waals surface area (Å²) in [5.74, 6) is 0. The maximum atomic E-state index is 3.63. The molecule has 0 aliphatic rings. The predicted molar refractivity (Wildman–Crippen MR) is 87.4 cm³/mol. The first-order chi connectivity index (χ1) is 8.41. The molecular formula is C17H30N2. The molecule has 0 amide bonds. The molecule has 19 heavy (non-hydrogen) atoms. The summed E-state index contributed by atoms with van der Waals surface area (Å²) in [6, 6.07) is 2.26. The van der Waals surface area contributed by atoms with E-state index < -0.39 is 0 Å². The van der Waals surface area contributed by atoms with Gasteiger partial charge in [-0.25, -0.2) is 0 Å². The van der Waals surface area contributed by atoms with Gasteiger partial charge in [0.15, 0.2) is 0 Å². The van der Waals surface area contributed by atoms with E-state index in [4.69, 9.17) is 0 Å². The molecule has 0 heterocycles. The predicted octanol–water partition coefficient (Wildman–Crippen LogP) is 5.03. The monoisotopic (exact) mass is 262 g/mol. The van der Waals surface area contributed by atoms with E-state index >= 15 is 0 Å². The van der Waals surface area contributed by atoms with Gasteiger partial charge in [0.05, 0.1) is 0 Å². The van der Waals surface area contributed by atoms with Crippen LogP contribution in [-0.2, 0) is 0 Å². The van der Waals surface area contributed by atoms with E-state index in [0.717, 1.165) is 0 Å². The van der Waals surface area contributed by atoms with Gasteiger partial charge in [0.2, 0.25) is 0 Å². The maximum Gasteiger partial charge on any atom is 0.0424 e. The Labute approximate surface area is 119 Å². The minimum Gasteiger partial charge on any atom is -0.380 e. The van der Waals surface area contributed by atoms with E-state index in [-0.39, 0.29) is 11.1 Å². The van der Waals surface area contributed by atoms with Crippen LogP contribution < -0.4 is 10.6 Å². The molecule has 1 rings (SSSR count). The van der Waals surface area contributed by atoms with Crippen LogP contribution in [0.3, 0.4) is 0 Å². The van der Waals surface area contributed by atoms with E-state index in [0.29, 0.717) is 0 Å². The lowest BCUT2D eigenvalue weighted by Gasteiger charge is -2.30. The molecule has 0 aliphatic carbocycles. The molecule has 0 radical (unpaired) electrons. The molecule has 0 unspecified atom stereocenters. The molecule has 0 fully saturated rings. The largest absolute Gasteiger partial charge is 0.380 e. The van der Waals surface area contributed by atoms with Crippen LogP contribution in [0.2, 0.25) is 0 Å². The highest BCUT2D eigenvalue weighted by Crippen LogP contribution is 2.34. The van der Waals surface area contributed by atoms with Crippen LogP contribution in [-0.4, -0.2) is 11.1 Å². The Morgan fingerprint density at radius 2 is 1.00 bits per heavy atom. The Bertz CT molecular complexity index is 419. The van der Waals surface area contributed by atoms with E-state index in [2.05, 4.69) is 79.0 Å². The highest BCUT2D eigenvalue weighted by Gasteiger charge is 2.19. The Kier molecular flexibility index (Phi) is 4.23. The molecule has 1 aromatic rings. The van der Waals surface area contributed by atoms with Crippen molar-refractivity contribution < 1.29 is 0 Å². The van der Waals surface area contributed by atoms with Gasteiger partial charge in [0, 0.05) is 22.5 Å². The molecule has 0 bridgehead atoms. The Hall–Kier alpha value is -1.18. The van der Waals surface area contributed by atoms with Crippen molar-refractivity contribution in [1.29, 1.82) is 0 Å². The molecule has 0 aliphatic heterocycles. The number of nitrogens with one attached hydrogen (secondary N) is 2. The molecule has 2 heteroatoms. The van der Waals surface area contributed by atoms with E-state index in [1.807, 2.05) is 0 Å². The Balaban J connectivity index is 3.30. The molecule has 0 saturated heterocycles. The van der Waals surface area contributed by atoms with Crippen molar-refractivity contribution >= 4 is 11.4 Å². The minimum atomic E-state index is 0.0732. The van der Waals surface area contributed by atoms with Gasteiger partial charge in [-0.1, -0.05) is 6.07 Å². The summed E-state index contributed by atoms with van der Waals surface area (Å²) in [4.78, 5) is 0. The second-order valence-electron chi connectivity index (χ2n) is 7.64. The lowest BCUT2D eigenvalue weighted by molar-refractivity contribution is 0.628. The van der Waals surface area contributed by atoms with Gasteiger partial charge in [-0.05, 0) is 79.0 Å². The van der Waals surface area contributed by atoms with Gasteiger partial charge in [-0.3, -0.25) is 0 Å². The van der Waals surface area contributed by atoms with Crippen molar-refractivity contribution in [2.75, 3.05) is 10.6 Å². The normalized spacial score (nSPS) is 12.5. The second-order valence-corrected chi connectivity index (χ2v) is 7.64. The van der Waals surface area contributed by atoms with Crippen molar-refractivity contribution in [3.05, 3.63) is 22.8 Å². The van der Waals surface area contributed by atoms with Crippen LogP contribution in [0, 0.1) is 20.8 Å². The van der Waals surface area contributed by atoms with Crippen molar-refractivity contribution in [2.45, 2.75) is 73.4 Å². The van der Waals surface area contributed by atoms with Crippen molar-refractivity contribution in [2.24, 2.45) is 0 Å². The highest BCUT2D eigenvalue weighted by molar-refractivity contribution is 5.72. The first-order valence-electron chi connectivity index (χ1n) is 7.08. The van der Waals surface area contributed by atoms with Crippen LogP contribution in [0.5, 0.6) is 0 Å². The lowest BCUT2D eigenvalue weighted by Crippen LogP contribution is -2.29. The molecule has 0 spiro atoms. The van der Waals surface area contributed by atoms with Crippen molar-refractivity contribution in [3.63, 3.8) is 0 Å². The summed E-state index contributed by atoms with van der Waals surface area (Å²) in [6.07, 6.45) is 0. The zero-order chi connectivity index (χ0) is 15.0. The topological polar surface area (TPSA) is 24.1 Å². The quantitative estimate of drug-likeness (QED) is 0.781. The van der Waals surface area contributed by atoms with Gasteiger partial charge < -0.3 is 10.6 Å². The number of hydrogen-bond acceptors (Lipinski definition) is 2. The summed E-state index contributed by atoms with van der Waals surface area (Å²) >= 11 is 0. The smallest absolute Gasteiger partial charge is 0.0424 e. The number of benzene rings is 1. The Morgan fingerprint density at radius 3 is 1.26 bits per heavy atom. The van der Waals surface area contributed by atoms with Crippen LogP contribution in [0.15, 0.2) is 6.07 Å². The molecule has 1 aromatic carbocycles. The summed E-state index contributed by atoms with van der Waals surface area (Å²) in [7, 11) is 0. The number of aryl methyl sites for hydroxylation is 2. The fourth-order valence-electron chi connectivity index (χ4n) is 2.32. The summed E-state index contributed by atoms with van der Waals surface area (Å²) in [5.41, 5.74) is 6.58. The fraction of sp³-hybridized carbons (Fsp3) is 0.647. The number of anilines is 2. The van der Waals surface area contributed by atoms with Gasteiger partial charge in [0.25, 0.3) is 0 Å². The standard InChI is InChI=1S/C17H30N2/c1-11-10-12(2)15(19-17(7,8)9)13(3)14(11)18-16(4,5)6/h10,18-19H,1-9H3. The van der Waals surface area contributed by atoms with E-state index in [1.165, 1.54) is 28.1 Å². The average Bonchev–Trinajstić information content (AvgIpc) is 2.16. The van der Waals surface area contributed by atoms with E-state index in [1.54, 1.807) is 0 Å². The lowest BCUT2D eigenvalue weighted by atomic mass is 9.97. The third-order valence-corrected chi connectivity index (χ3v) is 2.97. The van der Waals surface area contributed by atoms with Gasteiger partial charge >= 0.3 is 0 Å². The Morgan fingerprint density at radius 1 is 0.684 bits per heavy atom. The zero-order valence-corrected chi connectivity index (χ0v) is 14.1. The van der Waals surface area contributed by atoms with Crippen molar-refractivity contribution in [1.82, 2.24) is 0 Å². The third kappa shape index (κ3) is 4.45. The highest BCUT2D eigenvalue weighted by atomic mass is 15.0.